The van der Waals surface area contributed by atoms with Crippen molar-refractivity contribution in [1.82, 2.24) is 10.2 Å². The molecule has 0 radical (unpaired) electrons. The van der Waals surface area contributed by atoms with Gasteiger partial charge in [0.05, 0.1) is 26.9 Å². The van der Waals surface area contributed by atoms with E-state index in [0.29, 0.717) is 18.5 Å². The topological polar surface area (TPSA) is 43.0 Å². The van der Waals surface area contributed by atoms with Crippen molar-refractivity contribution in [2.24, 2.45) is 5.92 Å². The molecule has 0 heterocycles. The zero-order valence-electron chi connectivity index (χ0n) is 15.6. The summed E-state index contributed by atoms with van der Waals surface area (Å²) in [7, 11) is 9.23. The van der Waals surface area contributed by atoms with E-state index in [-0.39, 0.29) is 0 Å². The quantitative estimate of drug-likeness (QED) is 0.717. The number of hydrogen-bond acceptors (Lipinski definition) is 5. The Morgan fingerprint density at radius 3 is 1.96 bits per heavy atom. The van der Waals surface area contributed by atoms with Gasteiger partial charge in [-0.15, -0.1) is 0 Å². The van der Waals surface area contributed by atoms with Crippen LogP contribution in [0, 0.1) is 5.92 Å². The monoisotopic (exact) mass is 324 g/mol. The fraction of sp³-hybridized carbons (Fsp3) is 0.667. The first-order chi connectivity index (χ1) is 10.9. The molecule has 0 saturated heterocycles. The van der Waals surface area contributed by atoms with Gasteiger partial charge in [0.1, 0.15) is 17.2 Å². The molecule has 5 heteroatoms. The fourth-order valence-electron chi connectivity index (χ4n) is 2.64. The first-order valence-electron chi connectivity index (χ1n) is 8.08. The maximum atomic E-state index is 5.49. The highest BCUT2D eigenvalue weighted by Crippen LogP contribution is 2.33. The van der Waals surface area contributed by atoms with Crippen molar-refractivity contribution in [2.45, 2.75) is 32.9 Å². The van der Waals surface area contributed by atoms with Crippen LogP contribution in [0.25, 0.3) is 0 Å². The standard InChI is InChI=1S/C18H32N2O3/c1-13(2)8-14(20(3)4)11-19-12-16-17(22-6)9-15(21-5)10-18(16)23-7/h9-10,13-14,19H,8,11-12H2,1-7H3. The zero-order chi connectivity index (χ0) is 17.4. The molecule has 1 unspecified atom stereocenters. The predicted molar refractivity (Wildman–Crippen MR) is 94.7 cm³/mol. The fourth-order valence-corrected chi connectivity index (χ4v) is 2.64. The normalized spacial score (nSPS) is 12.6. The van der Waals surface area contributed by atoms with Gasteiger partial charge >= 0.3 is 0 Å². The van der Waals surface area contributed by atoms with Gasteiger partial charge in [0.2, 0.25) is 0 Å². The van der Waals surface area contributed by atoms with Crippen molar-refractivity contribution >= 4 is 0 Å². The lowest BCUT2D eigenvalue weighted by molar-refractivity contribution is 0.246. The molecule has 0 aliphatic rings. The largest absolute Gasteiger partial charge is 0.496 e. The van der Waals surface area contributed by atoms with Crippen molar-refractivity contribution < 1.29 is 14.2 Å². The van der Waals surface area contributed by atoms with Gasteiger partial charge in [-0.1, -0.05) is 13.8 Å². The maximum absolute atomic E-state index is 5.49. The minimum atomic E-state index is 0.505. The Morgan fingerprint density at radius 2 is 1.57 bits per heavy atom. The summed E-state index contributed by atoms with van der Waals surface area (Å²) in [4.78, 5) is 2.27. The third kappa shape index (κ3) is 5.92. The molecule has 1 rings (SSSR count). The number of methoxy groups -OCH3 is 3. The van der Waals surface area contributed by atoms with Crippen LogP contribution < -0.4 is 19.5 Å². The van der Waals surface area contributed by atoms with Gasteiger partial charge < -0.3 is 24.4 Å². The molecule has 0 bridgehead atoms. The van der Waals surface area contributed by atoms with Crippen LogP contribution in [0.1, 0.15) is 25.8 Å². The summed E-state index contributed by atoms with van der Waals surface area (Å²) in [6.45, 7) is 6.13. The highest BCUT2D eigenvalue weighted by atomic mass is 16.5. The van der Waals surface area contributed by atoms with E-state index in [0.717, 1.165) is 35.8 Å². The Bertz CT molecular complexity index is 450. The minimum Gasteiger partial charge on any atom is -0.496 e. The summed E-state index contributed by atoms with van der Waals surface area (Å²) < 4.78 is 16.3. The maximum Gasteiger partial charge on any atom is 0.130 e. The highest BCUT2D eigenvalue weighted by molar-refractivity contribution is 5.50. The highest BCUT2D eigenvalue weighted by Gasteiger charge is 2.16. The molecular formula is C18H32N2O3. The van der Waals surface area contributed by atoms with Gasteiger partial charge in [-0.2, -0.15) is 0 Å². The van der Waals surface area contributed by atoms with Gasteiger partial charge in [-0.25, -0.2) is 0 Å². The zero-order valence-corrected chi connectivity index (χ0v) is 15.6. The predicted octanol–water partition coefficient (Wildman–Crippen LogP) is 2.78. The molecule has 1 N–H and O–H groups in total. The first kappa shape index (κ1) is 19.6. The van der Waals surface area contributed by atoms with Gasteiger partial charge in [-0.05, 0) is 26.4 Å². The van der Waals surface area contributed by atoms with Crippen LogP contribution in [-0.4, -0.2) is 52.9 Å². The summed E-state index contributed by atoms with van der Waals surface area (Å²) >= 11 is 0. The van der Waals surface area contributed by atoms with Gasteiger partial charge in [0.15, 0.2) is 0 Å². The van der Waals surface area contributed by atoms with E-state index >= 15 is 0 Å². The lowest BCUT2D eigenvalue weighted by Gasteiger charge is -2.26. The van der Waals surface area contributed by atoms with Crippen molar-refractivity contribution in [3.8, 4) is 17.2 Å². The summed E-state index contributed by atoms with van der Waals surface area (Å²) in [6.07, 6.45) is 1.16. The van der Waals surface area contributed by atoms with E-state index in [1.807, 2.05) is 12.1 Å². The molecule has 132 valence electrons. The molecule has 0 spiro atoms. The van der Waals surface area contributed by atoms with Crippen molar-refractivity contribution in [3.05, 3.63) is 17.7 Å². The number of ether oxygens (including phenoxy) is 3. The third-order valence-corrected chi connectivity index (χ3v) is 3.97. The summed E-state index contributed by atoms with van der Waals surface area (Å²) in [5.74, 6) is 2.96. The van der Waals surface area contributed by atoms with E-state index in [1.54, 1.807) is 21.3 Å². The number of nitrogens with one attached hydrogen (secondary N) is 1. The first-order valence-corrected chi connectivity index (χ1v) is 8.08. The van der Waals surface area contributed by atoms with Crippen LogP contribution in [0.15, 0.2) is 12.1 Å². The van der Waals surface area contributed by atoms with E-state index in [9.17, 15) is 0 Å². The third-order valence-electron chi connectivity index (χ3n) is 3.97. The second-order valence-corrected chi connectivity index (χ2v) is 6.39. The molecule has 1 atom stereocenters. The van der Waals surface area contributed by atoms with E-state index in [4.69, 9.17) is 14.2 Å². The van der Waals surface area contributed by atoms with Crippen molar-refractivity contribution in [1.29, 1.82) is 0 Å². The minimum absolute atomic E-state index is 0.505. The molecule has 0 fully saturated rings. The molecular weight excluding hydrogens is 292 g/mol. The summed E-state index contributed by atoms with van der Waals surface area (Å²) in [5.41, 5.74) is 1.01. The number of benzene rings is 1. The number of rotatable bonds is 10. The second kappa shape index (κ2) is 9.63. The van der Waals surface area contributed by atoms with Crippen molar-refractivity contribution in [3.63, 3.8) is 0 Å². The Morgan fingerprint density at radius 1 is 1.00 bits per heavy atom. The second-order valence-electron chi connectivity index (χ2n) is 6.39. The molecule has 0 aliphatic heterocycles. The number of hydrogen-bond donors (Lipinski definition) is 1. The van der Waals surface area contributed by atoms with Crippen molar-refractivity contribution in [2.75, 3.05) is 42.0 Å². The van der Waals surface area contributed by atoms with E-state index < -0.39 is 0 Å². The molecule has 1 aromatic rings. The molecule has 0 amide bonds. The molecule has 5 nitrogen and oxygen atoms in total. The van der Waals surface area contributed by atoms with Crippen LogP contribution in [0.3, 0.4) is 0 Å². The lowest BCUT2D eigenvalue weighted by Crippen LogP contribution is -2.38. The Hall–Kier alpha value is -1.46. The summed E-state index contributed by atoms with van der Waals surface area (Å²) in [6, 6.07) is 4.28. The Labute approximate surface area is 140 Å². The molecule has 0 saturated carbocycles. The SMILES string of the molecule is COc1cc(OC)c(CNCC(CC(C)C)N(C)C)c(OC)c1. The van der Waals surface area contributed by atoms with E-state index in [2.05, 4.69) is 38.2 Å². The molecule has 23 heavy (non-hydrogen) atoms. The van der Waals surface area contributed by atoms with E-state index in [1.165, 1.54) is 0 Å². The van der Waals surface area contributed by atoms with Crippen LogP contribution in [0.5, 0.6) is 17.2 Å². The van der Waals surface area contributed by atoms with Gasteiger partial charge in [0, 0.05) is 31.3 Å². The summed E-state index contributed by atoms with van der Waals surface area (Å²) in [5, 5.41) is 3.53. The molecule has 1 aromatic carbocycles. The average Bonchev–Trinajstić information content (AvgIpc) is 2.52. The molecule has 0 aromatic heterocycles. The smallest absolute Gasteiger partial charge is 0.130 e. The number of likely N-dealkylation sites (N-methyl/N-ethyl adjacent to an activating group) is 1. The van der Waals surface area contributed by atoms with Crippen LogP contribution in [0.2, 0.25) is 0 Å². The Kier molecular flexibility index (Phi) is 8.20. The average molecular weight is 324 g/mol. The lowest BCUT2D eigenvalue weighted by atomic mass is 10.0. The van der Waals surface area contributed by atoms with Gasteiger partial charge in [0.25, 0.3) is 0 Å². The van der Waals surface area contributed by atoms with Crippen LogP contribution in [-0.2, 0) is 6.54 Å². The molecule has 0 aliphatic carbocycles. The Balaban J connectivity index is 2.79. The van der Waals surface area contributed by atoms with Crippen LogP contribution in [0.4, 0.5) is 0 Å². The van der Waals surface area contributed by atoms with Crippen LogP contribution >= 0.6 is 0 Å². The number of nitrogens with zero attached hydrogens (tertiary/aromatic N) is 1. The van der Waals surface area contributed by atoms with Gasteiger partial charge in [-0.3, -0.25) is 0 Å².